The molecule has 164 valence electrons. The quantitative estimate of drug-likeness (QED) is 0.482. The Morgan fingerprint density at radius 2 is 1.90 bits per heavy atom. The SMILES string of the molecule is CCn1c(Cc2ccccc2)nnc1SCC(=O)NC(C)c1cc(OC)ccc1OC. The van der Waals surface area contributed by atoms with Crippen molar-refractivity contribution in [3.8, 4) is 11.5 Å². The predicted octanol–water partition coefficient (Wildman–Crippen LogP) is 3.88. The molecule has 1 atom stereocenters. The van der Waals surface area contributed by atoms with Crippen LogP contribution in [0.4, 0.5) is 0 Å². The van der Waals surface area contributed by atoms with E-state index < -0.39 is 0 Å². The average Bonchev–Trinajstić information content (AvgIpc) is 3.19. The topological polar surface area (TPSA) is 78.3 Å². The molecular formula is C23H28N4O3S. The first-order valence-electron chi connectivity index (χ1n) is 10.2. The van der Waals surface area contributed by atoms with Gasteiger partial charge in [0.2, 0.25) is 5.91 Å². The summed E-state index contributed by atoms with van der Waals surface area (Å²) in [5.74, 6) is 2.48. The van der Waals surface area contributed by atoms with Crippen LogP contribution in [0, 0.1) is 0 Å². The first-order chi connectivity index (χ1) is 15.0. The number of thioether (sulfide) groups is 1. The minimum atomic E-state index is -0.226. The molecule has 0 radical (unpaired) electrons. The summed E-state index contributed by atoms with van der Waals surface area (Å²) in [4.78, 5) is 12.6. The Morgan fingerprint density at radius 1 is 1.13 bits per heavy atom. The number of amides is 1. The number of carbonyl (C=O) groups is 1. The first kappa shape index (κ1) is 22.7. The molecule has 0 aliphatic rings. The molecule has 3 rings (SSSR count). The Hall–Kier alpha value is -3.00. The molecule has 0 aliphatic carbocycles. The summed E-state index contributed by atoms with van der Waals surface area (Å²) >= 11 is 1.39. The third kappa shape index (κ3) is 5.79. The van der Waals surface area contributed by atoms with Gasteiger partial charge in [0.25, 0.3) is 0 Å². The van der Waals surface area contributed by atoms with Crippen LogP contribution < -0.4 is 14.8 Å². The molecule has 1 N–H and O–H groups in total. The summed E-state index contributed by atoms with van der Waals surface area (Å²) in [6.45, 7) is 4.72. The van der Waals surface area contributed by atoms with E-state index >= 15 is 0 Å². The molecule has 3 aromatic rings. The van der Waals surface area contributed by atoms with Crippen molar-refractivity contribution in [2.75, 3.05) is 20.0 Å². The molecule has 0 saturated heterocycles. The van der Waals surface area contributed by atoms with Crippen molar-refractivity contribution in [2.45, 2.75) is 38.0 Å². The zero-order valence-corrected chi connectivity index (χ0v) is 19.1. The number of aromatic nitrogens is 3. The molecule has 1 aromatic heterocycles. The number of hydrogen-bond acceptors (Lipinski definition) is 6. The number of benzene rings is 2. The zero-order valence-electron chi connectivity index (χ0n) is 18.3. The van der Waals surface area contributed by atoms with Crippen molar-refractivity contribution < 1.29 is 14.3 Å². The average molecular weight is 441 g/mol. The van der Waals surface area contributed by atoms with Crippen LogP contribution in [0.5, 0.6) is 11.5 Å². The standard InChI is InChI=1S/C23H28N4O3S/c1-5-27-21(13-17-9-7-6-8-10-17)25-26-23(27)31-15-22(28)24-16(2)19-14-18(29-3)11-12-20(19)30-4/h6-12,14,16H,5,13,15H2,1-4H3,(H,24,28). The van der Waals surface area contributed by atoms with Crippen LogP contribution in [-0.2, 0) is 17.8 Å². The Bertz CT molecular complexity index is 1010. The van der Waals surface area contributed by atoms with Gasteiger partial charge in [0.05, 0.1) is 26.0 Å². The zero-order chi connectivity index (χ0) is 22.2. The van der Waals surface area contributed by atoms with Gasteiger partial charge in [-0.1, -0.05) is 42.1 Å². The van der Waals surface area contributed by atoms with E-state index in [9.17, 15) is 4.79 Å². The summed E-state index contributed by atoms with van der Waals surface area (Å²) in [5, 5.41) is 12.4. The lowest BCUT2D eigenvalue weighted by Gasteiger charge is -2.18. The van der Waals surface area contributed by atoms with E-state index in [-0.39, 0.29) is 17.7 Å². The van der Waals surface area contributed by atoms with Gasteiger partial charge in [-0.15, -0.1) is 10.2 Å². The normalized spacial score (nSPS) is 11.7. The van der Waals surface area contributed by atoms with Gasteiger partial charge in [0.1, 0.15) is 17.3 Å². The van der Waals surface area contributed by atoms with Crippen LogP contribution in [0.25, 0.3) is 0 Å². The number of methoxy groups -OCH3 is 2. The number of nitrogens with one attached hydrogen (secondary N) is 1. The first-order valence-corrected chi connectivity index (χ1v) is 11.1. The number of hydrogen-bond donors (Lipinski definition) is 1. The van der Waals surface area contributed by atoms with Crippen LogP contribution in [0.2, 0.25) is 0 Å². The van der Waals surface area contributed by atoms with E-state index in [1.807, 2.05) is 43.3 Å². The second-order valence-corrected chi connectivity index (χ2v) is 7.93. The van der Waals surface area contributed by atoms with E-state index in [0.717, 1.165) is 23.1 Å². The van der Waals surface area contributed by atoms with Gasteiger partial charge in [-0.2, -0.15) is 0 Å². The highest BCUT2D eigenvalue weighted by molar-refractivity contribution is 7.99. The minimum absolute atomic E-state index is 0.0855. The van der Waals surface area contributed by atoms with Crippen LogP contribution in [-0.4, -0.2) is 40.6 Å². The van der Waals surface area contributed by atoms with Gasteiger partial charge >= 0.3 is 0 Å². The van der Waals surface area contributed by atoms with Gasteiger partial charge < -0.3 is 19.4 Å². The maximum absolute atomic E-state index is 12.6. The van der Waals surface area contributed by atoms with E-state index in [2.05, 4.69) is 39.1 Å². The molecule has 1 amide bonds. The fourth-order valence-corrected chi connectivity index (χ4v) is 4.15. The molecule has 0 aliphatic heterocycles. The summed E-state index contributed by atoms with van der Waals surface area (Å²) in [6.07, 6.45) is 0.709. The molecule has 2 aromatic carbocycles. The van der Waals surface area contributed by atoms with Crippen molar-refractivity contribution in [3.63, 3.8) is 0 Å². The molecule has 0 bridgehead atoms. The van der Waals surface area contributed by atoms with E-state index in [0.29, 0.717) is 17.9 Å². The Morgan fingerprint density at radius 3 is 2.58 bits per heavy atom. The molecule has 1 heterocycles. The third-order valence-electron chi connectivity index (χ3n) is 4.93. The fraction of sp³-hybridized carbons (Fsp3) is 0.348. The van der Waals surface area contributed by atoms with Crippen molar-refractivity contribution in [3.05, 3.63) is 65.5 Å². The van der Waals surface area contributed by atoms with E-state index in [4.69, 9.17) is 9.47 Å². The lowest BCUT2D eigenvalue weighted by molar-refractivity contribution is -0.119. The van der Waals surface area contributed by atoms with Crippen molar-refractivity contribution >= 4 is 17.7 Å². The maximum atomic E-state index is 12.6. The molecule has 8 heteroatoms. The second-order valence-electron chi connectivity index (χ2n) is 6.99. The highest BCUT2D eigenvalue weighted by Gasteiger charge is 2.17. The van der Waals surface area contributed by atoms with Gasteiger partial charge in [-0.25, -0.2) is 0 Å². The molecule has 7 nitrogen and oxygen atoms in total. The summed E-state index contributed by atoms with van der Waals surface area (Å²) in [6, 6.07) is 15.5. The number of ether oxygens (including phenoxy) is 2. The number of rotatable bonds is 10. The molecule has 31 heavy (non-hydrogen) atoms. The Kier molecular flexibility index (Phi) is 7.94. The summed E-state index contributed by atoms with van der Waals surface area (Å²) in [7, 11) is 3.22. The van der Waals surface area contributed by atoms with Crippen molar-refractivity contribution in [2.24, 2.45) is 0 Å². The van der Waals surface area contributed by atoms with Crippen LogP contribution in [0.15, 0.2) is 53.7 Å². The largest absolute Gasteiger partial charge is 0.497 e. The number of nitrogens with zero attached hydrogens (tertiary/aromatic N) is 3. The van der Waals surface area contributed by atoms with Gasteiger partial charge in [-0.3, -0.25) is 4.79 Å². The maximum Gasteiger partial charge on any atom is 0.230 e. The van der Waals surface area contributed by atoms with Gasteiger partial charge in [0.15, 0.2) is 5.16 Å². The monoisotopic (exact) mass is 440 g/mol. The third-order valence-corrected chi connectivity index (χ3v) is 5.89. The molecule has 0 saturated carbocycles. The lowest BCUT2D eigenvalue weighted by Crippen LogP contribution is -2.28. The minimum Gasteiger partial charge on any atom is -0.497 e. The van der Waals surface area contributed by atoms with Crippen molar-refractivity contribution in [1.82, 2.24) is 20.1 Å². The predicted molar refractivity (Wildman–Crippen MR) is 122 cm³/mol. The Balaban J connectivity index is 1.62. The van der Waals surface area contributed by atoms with Crippen LogP contribution in [0.3, 0.4) is 0 Å². The second kappa shape index (κ2) is 10.9. The smallest absolute Gasteiger partial charge is 0.230 e. The molecule has 0 spiro atoms. The highest BCUT2D eigenvalue weighted by atomic mass is 32.2. The number of carbonyl (C=O) groups excluding carboxylic acids is 1. The molecular weight excluding hydrogens is 412 g/mol. The fourth-order valence-electron chi connectivity index (χ4n) is 3.32. The summed E-state index contributed by atoms with van der Waals surface area (Å²) in [5.41, 5.74) is 2.04. The molecule has 1 unspecified atom stereocenters. The van der Waals surface area contributed by atoms with Gasteiger partial charge in [0, 0.05) is 18.5 Å². The molecule has 0 fully saturated rings. The van der Waals surface area contributed by atoms with E-state index in [1.165, 1.54) is 17.3 Å². The van der Waals surface area contributed by atoms with Crippen LogP contribution >= 0.6 is 11.8 Å². The van der Waals surface area contributed by atoms with E-state index in [1.54, 1.807) is 14.2 Å². The summed E-state index contributed by atoms with van der Waals surface area (Å²) < 4.78 is 12.8. The Labute approximate surface area is 187 Å². The lowest BCUT2D eigenvalue weighted by atomic mass is 10.1. The highest BCUT2D eigenvalue weighted by Crippen LogP contribution is 2.29. The van der Waals surface area contributed by atoms with Crippen molar-refractivity contribution in [1.29, 1.82) is 0 Å². The van der Waals surface area contributed by atoms with Gasteiger partial charge in [-0.05, 0) is 37.6 Å². The van der Waals surface area contributed by atoms with Crippen LogP contribution in [0.1, 0.15) is 36.8 Å².